The molecule has 0 spiro atoms. The summed E-state index contributed by atoms with van der Waals surface area (Å²) in [7, 11) is 0. The molecule has 1 fully saturated rings. The largest absolute Gasteiger partial charge is 0.332 e. The van der Waals surface area contributed by atoms with E-state index in [4.69, 9.17) is 0 Å². The summed E-state index contributed by atoms with van der Waals surface area (Å²) in [5.41, 5.74) is 0. The molecular weight excluding hydrogens is 255 g/mol. The highest BCUT2D eigenvalue weighted by molar-refractivity contribution is 5.74. The van der Waals surface area contributed by atoms with Gasteiger partial charge in [-0.25, -0.2) is 9.18 Å². The fourth-order valence-corrected chi connectivity index (χ4v) is 2.45. The average Bonchev–Trinajstić information content (AvgIpc) is 2.49. The van der Waals surface area contributed by atoms with E-state index >= 15 is 0 Å². The van der Waals surface area contributed by atoms with Gasteiger partial charge in [0.05, 0.1) is 6.54 Å². The number of amides is 2. The van der Waals surface area contributed by atoms with Crippen LogP contribution in [0.4, 0.5) is 9.18 Å². The number of nitrogens with one attached hydrogen (secondary N) is 1. The van der Waals surface area contributed by atoms with Crippen molar-refractivity contribution in [3.8, 4) is 0 Å². The van der Waals surface area contributed by atoms with Gasteiger partial charge < -0.3 is 10.2 Å². The Labute approximate surface area is 122 Å². The predicted molar refractivity (Wildman–Crippen MR) is 81.4 cm³/mol. The molecule has 1 heterocycles. The van der Waals surface area contributed by atoms with Gasteiger partial charge >= 0.3 is 6.03 Å². The van der Waals surface area contributed by atoms with Crippen LogP contribution >= 0.6 is 0 Å². The zero-order valence-electron chi connectivity index (χ0n) is 12.8. The van der Waals surface area contributed by atoms with Crippen LogP contribution in [0.3, 0.4) is 0 Å². The topological polar surface area (TPSA) is 32.3 Å². The second-order valence-electron chi connectivity index (χ2n) is 5.56. The summed E-state index contributed by atoms with van der Waals surface area (Å²) >= 11 is 0. The molecule has 0 aromatic rings. The summed E-state index contributed by atoms with van der Waals surface area (Å²) < 4.78 is 13.5. The van der Waals surface area contributed by atoms with Crippen molar-refractivity contribution < 1.29 is 9.18 Å². The number of carbonyl (C=O) groups excluding carboxylic acids is 1. The molecular formula is C16H29FN2O. The Hall–Kier alpha value is -1.06. The minimum absolute atomic E-state index is 0.0320. The average molecular weight is 284 g/mol. The van der Waals surface area contributed by atoms with E-state index in [1.54, 1.807) is 11.0 Å². The Kier molecular flexibility index (Phi) is 9.09. The fraction of sp³-hybridized carbons (Fsp3) is 0.812. The predicted octanol–water partition coefficient (Wildman–Crippen LogP) is 4.40. The van der Waals surface area contributed by atoms with Crippen molar-refractivity contribution in [2.24, 2.45) is 0 Å². The maximum Gasteiger partial charge on any atom is 0.317 e. The van der Waals surface area contributed by atoms with Crippen LogP contribution in [-0.2, 0) is 0 Å². The minimum atomic E-state index is -0.217. The summed E-state index contributed by atoms with van der Waals surface area (Å²) in [6, 6.07) is -0.129. The van der Waals surface area contributed by atoms with E-state index in [1.165, 1.54) is 25.7 Å². The molecule has 3 nitrogen and oxygen atoms in total. The van der Waals surface area contributed by atoms with Crippen LogP contribution in [0.15, 0.2) is 11.9 Å². The van der Waals surface area contributed by atoms with Crippen LogP contribution < -0.4 is 5.32 Å². The van der Waals surface area contributed by atoms with E-state index in [1.807, 2.05) is 0 Å². The number of carbonyl (C=O) groups is 1. The molecule has 116 valence electrons. The number of urea groups is 1. The van der Waals surface area contributed by atoms with Gasteiger partial charge in [0.15, 0.2) is 0 Å². The molecule has 1 N–H and O–H groups in total. The summed E-state index contributed by atoms with van der Waals surface area (Å²) in [5, 5.41) is 2.66. The first kappa shape index (κ1) is 17.0. The molecule has 0 radical (unpaired) electrons. The normalized spacial score (nSPS) is 16.3. The quantitative estimate of drug-likeness (QED) is 0.658. The molecule has 4 heteroatoms. The standard InChI is InChI=1S/C16H29FN2O/c1-2-3-4-5-6-8-11-15(17)14-18-16(20)19-12-9-7-10-13-19/h11H,2-10,12-14H2,1H3,(H,18,20)/b15-11-. The molecule has 0 saturated carbocycles. The number of piperidine rings is 1. The first-order valence-electron chi connectivity index (χ1n) is 8.11. The lowest BCUT2D eigenvalue weighted by Gasteiger charge is -2.26. The van der Waals surface area contributed by atoms with Crippen LogP contribution in [0.5, 0.6) is 0 Å². The van der Waals surface area contributed by atoms with Crippen molar-refractivity contribution in [2.75, 3.05) is 19.6 Å². The number of hydrogen-bond donors (Lipinski definition) is 1. The highest BCUT2D eigenvalue weighted by atomic mass is 19.1. The number of allylic oxidation sites excluding steroid dienone is 1. The zero-order valence-corrected chi connectivity index (χ0v) is 12.8. The molecule has 1 aliphatic rings. The van der Waals surface area contributed by atoms with Crippen LogP contribution in [0.1, 0.15) is 64.7 Å². The third-order valence-electron chi connectivity index (χ3n) is 3.73. The van der Waals surface area contributed by atoms with Gasteiger partial charge in [-0.2, -0.15) is 0 Å². The van der Waals surface area contributed by atoms with Gasteiger partial charge in [-0.3, -0.25) is 0 Å². The van der Waals surface area contributed by atoms with Crippen LogP contribution in [0.25, 0.3) is 0 Å². The Bertz CT molecular complexity index is 299. The summed E-state index contributed by atoms with van der Waals surface area (Å²) in [4.78, 5) is 13.6. The molecule has 0 unspecified atom stereocenters. The van der Waals surface area contributed by atoms with Gasteiger partial charge in [0.25, 0.3) is 0 Å². The van der Waals surface area contributed by atoms with Gasteiger partial charge in [-0.1, -0.05) is 38.7 Å². The first-order valence-corrected chi connectivity index (χ1v) is 8.11. The lowest BCUT2D eigenvalue weighted by molar-refractivity contribution is 0.186. The Morgan fingerprint density at radius 3 is 2.55 bits per heavy atom. The fourth-order valence-electron chi connectivity index (χ4n) is 2.45. The van der Waals surface area contributed by atoms with Crippen molar-refractivity contribution in [3.05, 3.63) is 11.9 Å². The van der Waals surface area contributed by atoms with Crippen LogP contribution in [0.2, 0.25) is 0 Å². The SMILES string of the molecule is CCCCCCC/C=C(\F)CNC(=O)N1CCCCC1. The lowest BCUT2D eigenvalue weighted by Crippen LogP contribution is -2.43. The van der Waals surface area contributed by atoms with E-state index in [0.29, 0.717) is 0 Å². The number of nitrogens with zero attached hydrogens (tertiary/aromatic N) is 1. The molecule has 0 aromatic heterocycles. The second kappa shape index (κ2) is 10.7. The molecule has 1 rings (SSSR count). The van der Waals surface area contributed by atoms with Gasteiger partial charge in [0.1, 0.15) is 5.83 Å². The Balaban J connectivity index is 2.08. The van der Waals surface area contributed by atoms with E-state index in [0.717, 1.165) is 45.2 Å². The van der Waals surface area contributed by atoms with Crippen molar-refractivity contribution in [2.45, 2.75) is 64.7 Å². The van der Waals surface area contributed by atoms with Crippen molar-refractivity contribution in [1.82, 2.24) is 10.2 Å². The Morgan fingerprint density at radius 1 is 1.15 bits per heavy atom. The molecule has 1 saturated heterocycles. The number of rotatable bonds is 8. The van der Waals surface area contributed by atoms with Gasteiger partial charge in [0, 0.05) is 13.1 Å². The van der Waals surface area contributed by atoms with E-state index in [2.05, 4.69) is 12.2 Å². The third kappa shape index (κ3) is 7.51. The molecule has 0 aliphatic carbocycles. The molecule has 0 bridgehead atoms. The van der Waals surface area contributed by atoms with Crippen molar-refractivity contribution in [1.29, 1.82) is 0 Å². The maximum atomic E-state index is 13.5. The van der Waals surface area contributed by atoms with E-state index in [-0.39, 0.29) is 18.4 Å². The number of unbranched alkanes of at least 4 members (excludes halogenated alkanes) is 5. The van der Waals surface area contributed by atoms with Crippen molar-refractivity contribution in [3.63, 3.8) is 0 Å². The summed E-state index contributed by atoms with van der Waals surface area (Å²) in [6.07, 6.45) is 11.6. The highest BCUT2D eigenvalue weighted by Gasteiger charge is 2.15. The number of halogens is 1. The molecule has 1 aliphatic heterocycles. The lowest BCUT2D eigenvalue weighted by atomic mass is 10.1. The zero-order chi connectivity index (χ0) is 14.6. The Morgan fingerprint density at radius 2 is 1.85 bits per heavy atom. The smallest absolute Gasteiger partial charge is 0.317 e. The van der Waals surface area contributed by atoms with Crippen molar-refractivity contribution >= 4 is 6.03 Å². The first-order chi connectivity index (χ1) is 9.74. The van der Waals surface area contributed by atoms with Gasteiger partial charge in [-0.15, -0.1) is 0 Å². The number of hydrogen-bond acceptors (Lipinski definition) is 1. The molecule has 0 aromatic carbocycles. The van der Waals surface area contributed by atoms with E-state index < -0.39 is 0 Å². The minimum Gasteiger partial charge on any atom is -0.332 e. The molecule has 2 amide bonds. The molecule has 20 heavy (non-hydrogen) atoms. The van der Waals surface area contributed by atoms with Gasteiger partial charge in [0.2, 0.25) is 0 Å². The maximum absolute atomic E-state index is 13.5. The monoisotopic (exact) mass is 284 g/mol. The van der Waals surface area contributed by atoms with Crippen LogP contribution in [-0.4, -0.2) is 30.6 Å². The third-order valence-corrected chi connectivity index (χ3v) is 3.73. The summed E-state index contributed by atoms with van der Waals surface area (Å²) in [6.45, 7) is 3.82. The number of likely N-dealkylation sites (tertiary alicyclic amines) is 1. The van der Waals surface area contributed by atoms with Crippen LogP contribution in [0, 0.1) is 0 Å². The second-order valence-corrected chi connectivity index (χ2v) is 5.56. The highest BCUT2D eigenvalue weighted by Crippen LogP contribution is 2.09. The van der Waals surface area contributed by atoms with Gasteiger partial charge in [-0.05, 0) is 32.1 Å². The summed E-state index contributed by atoms with van der Waals surface area (Å²) in [5.74, 6) is -0.217. The molecule has 0 atom stereocenters. The van der Waals surface area contributed by atoms with E-state index in [9.17, 15) is 9.18 Å².